The number of nitrogens with zero attached hydrogens (tertiary/aromatic N) is 1. The molecule has 0 amide bonds. The number of hydrogen-bond acceptors (Lipinski definition) is 1. The Morgan fingerprint density at radius 2 is 1.70 bits per heavy atom. The molecule has 2 heteroatoms. The van der Waals surface area contributed by atoms with Crippen LogP contribution in [0.15, 0.2) is 67.3 Å². The maximum atomic E-state index is 10.2. The van der Waals surface area contributed by atoms with Crippen LogP contribution in [0.1, 0.15) is 18.4 Å². The van der Waals surface area contributed by atoms with Crippen molar-refractivity contribution in [3.05, 3.63) is 72.8 Å². The lowest BCUT2D eigenvalue weighted by atomic mass is 9.73. The summed E-state index contributed by atoms with van der Waals surface area (Å²) in [6, 6.07) is 20.2. The Kier molecular flexibility index (Phi) is 4.07. The predicted molar refractivity (Wildman–Crippen MR) is 112 cm³/mol. The summed E-state index contributed by atoms with van der Waals surface area (Å²) in [4.78, 5) is 0. The van der Waals surface area contributed by atoms with Crippen LogP contribution in [0.3, 0.4) is 0 Å². The van der Waals surface area contributed by atoms with Crippen molar-refractivity contribution in [2.24, 2.45) is 11.8 Å². The minimum atomic E-state index is 0.295. The predicted octanol–water partition coefficient (Wildman–Crippen LogP) is 4.90. The molecule has 3 aromatic rings. The first-order valence-electron chi connectivity index (χ1n) is 10.2. The standard InChI is InChI=1S/C25H28NO/c1-2-18-15-26(12-11-19(18)14-22(26)17-27)16-25-23-9-5-3-7-20(23)13-21-8-4-6-10-24(21)25/h2-10,13,18-19,22,27H,1,11-12,14-17H2/q+1/t18-,19?,22+,26?/m0/s1. The Labute approximate surface area is 161 Å². The van der Waals surface area contributed by atoms with E-state index in [0.717, 1.165) is 24.0 Å². The molecule has 138 valence electrons. The van der Waals surface area contributed by atoms with Crippen LogP contribution in [0.4, 0.5) is 0 Å². The molecule has 0 spiro atoms. The molecule has 0 radical (unpaired) electrons. The molecule has 3 fully saturated rings. The lowest BCUT2D eigenvalue weighted by molar-refractivity contribution is -0.981. The Bertz CT molecular complexity index is 956. The molecule has 3 heterocycles. The van der Waals surface area contributed by atoms with Gasteiger partial charge in [-0.2, -0.15) is 0 Å². The van der Waals surface area contributed by atoms with E-state index >= 15 is 0 Å². The van der Waals surface area contributed by atoms with Crippen molar-refractivity contribution >= 4 is 21.5 Å². The number of aliphatic hydroxyl groups is 1. The zero-order valence-corrected chi connectivity index (χ0v) is 15.8. The van der Waals surface area contributed by atoms with Gasteiger partial charge in [-0.15, -0.1) is 6.58 Å². The Hall–Kier alpha value is -2.16. The van der Waals surface area contributed by atoms with Gasteiger partial charge in [0.15, 0.2) is 0 Å². The minimum Gasteiger partial charge on any atom is -0.390 e. The Balaban J connectivity index is 1.69. The topological polar surface area (TPSA) is 20.2 Å². The van der Waals surface area contributed by atoms with Gasteiger partial charge in [0.05, 0.1) is 19.7 Å². The minimum absolute atomic E-state index is 0.295. The SMILES string of the molecule is C=C[C@H]1C[N+]2(Cc3c4ccccc4cc4ccccc34)CCC1C[C@@H]2CO. The second-order valence-electron chi connectivity index (χ2n) is 8.60. The molecule has 2 nitrogen and oxygen atoms in total. The Morgan fingerprint density at radius 1 is 1.04 bits per heavy atom. The van der Waals surface area contributed by atoms with Crippen LogP contribution >= 0.6 is 0 Å². The average molecular weight is 359 g/mol. The van der Waals surface area contributed by atoms with Gasteiger partial charge in [0.25, 0.3) is 0 Å². The van der Waals surface area contributed by atoms with Crippen LogP contribution in [-0.4, -0.2) is 35.3 Å². The van der Waals surface area contributed by atoms with Crippen LogP contribution in [0, 0.1) is 11.8 Å². The van der Waals surface area contributed by atoms with Gasteiger partial charge in [-0.3, -0.25) is 0 Å². The molecular formula is C25H28NO+. The summed E-state index contributed by atoms with van der Waals surface area (Å²) in [7, 11) is 0. The fourth-order valence-electron chi connectivity index (χ4n) is 5.88. The highest BCUT2D eigenvalue weighted by molar-refractivity contribution is 6.02. The molecule has 3 saturated heterocycles. The lowest BCUT2D eigenvalue weighted by Crippen LogP contribution is -2.67. The van der Waals surface area contributed by atoms with Gasteiger partial charge in [-0.1, -0.05) is 54.6 Å². The van der Waals surface area contributed by atoms with Gasteiger partial charge >= 0.3 is 0 Å². The fraction of sp³-hybridized carbons (Fsp3) is 0.360. The number of fused-ring (bicyclic) bond motifs is 5. The molecule has 4 atom stereocenters. The second kappa shape index (κ2) is 6.47. The van der Waals surface area contributed by atoms with Gasteiger partial charge in [-0.25, -0.2) is 0 Å². The smallest absolute Gasteiger partial charge is 0.113 e. The highest BCUT2D eigenvalue weighted by atomic mass is 16.3. The van der Waals surface area contributed by atoms with Crippen molar-refractivity contribution in [3.63, 3.8) is 0 Å². The first-order chi connectivity index (χ1) is 13.2. The molecule has 2 bridgehead atoms. The molecule has 3 aromatic carbocycles. The Morgan fingerprint density at radius 3 is 2.33 bits per heavy atom. The van der Waals surface area contributed by atoms with Gasteiger partial charge in [0.1, 0.15) is 12.6 Å². The van der Waals surface area contributed by atoms with Crippen molar-refractivity contribution < 1.29 is 9.59 Å². The molecule has 3 aliphatic rings. The van der Waals surface area contributed by atoms with Crippen molar-refractivity contribution in [1.82, 2.24) is 0 Å². The van der Waals surface area contributed by atoms with E-state index in [0.29, 0.717) is 24.5 Å². The number of quaternary nitrogens is 1. The van der Waals surface area contributed by atoms with Gasteiger partial charge in [-0.05, 0) is 33.5 Å². The number of benzene rings is 3. The van der Waals surface area contributed by atoms with Crippen molar-refractivity contribution in [1.29, 1.82) is 0 Å². The van der Waals surface area contributed by atoms with E-state index in [-0.39, 0.29) is 0 Å². The van der Waals surface area contributed by atoms with E-state index in [1.807, 2.05) is 0 Å². The van der Waals surface area contributed by atoms with Crippen LogP contribution in [0.25, 0.3) is 21.5 Å². The second-order valence-corrected chi connectivity index (χ2v) is 8.60. The number of hydrogen-bond donors (Lipinski definition) is 1. The van der Waals surface area contributed by atoms with Gasteiger partial charge in [0.2, 0.25) is 0 Å². The summed E-state index contributed by atoms with van der Waals surface area (Å²) >= 11 is 0. The third-order valence-electron chi connectivity index (χ3n) is 7.34. The highest BCUT2D eigenvalue weighted by Gasteiger charge is 2.51. The molecule has 2 unspecified atom stereocenters. The molecule has 27 heavy (non-hydrogen) atoms. The summed E-state index contributed by atoms with van der Waals surface area (Å²) in [6.07, 6.45) is 4.57. The molecular weight excluding hydrogens is 330 g/mol. The van der Waals surface area contributed by atoms with E-state index in [9.17, 15) is 5.11 Å². The first kappa shape index (κ1) is 17.0. The number of piperidine rings is 3. The molecule has 3 aliphatic heterocycles. The molecule has 0 saturated carbocycles. The third kappa shape index (κ3) is 2.62. The van der Waals surface area contributed by atoms with Crippen LogP contribution in [-0.2, 0) is 6.54 Å². The maximum Gasteiger partial charge on any atom is 0.113 e. The lowest BCUT2D eigenvalue weighted by Gasteiger charge is -2.56. The third-order valence-corrected chi connectivity index (χ3v) is 7.34. The van der Waals surface area contributed by atoms with Crippen LogP contribution < -0.4 is 0 Å². The van der Waals surface area contributed by atoms with Gasteiger partial charge < -0.3 is 9.59 Å². The van der Waals surface area contributed by atoms with Crippen LogP contribution in [0.2, 0.25) is 0 Å². The summed E-state index contributed by atoms with van der Waals surface area (Å²) in [5.41, 5.74) is 1.45. The summed E-state index contributed by atoms with van der Waals surface area (Å²) < 4.78 is 1.02. The zero-order chi connectivity index (χ0) is 18.4. The summed E-state index contributed by atoms with van der Waals surface area (Å²) in [5.74, 6) is 1.30. The van der Waals surface area contributed by atoms with Crippen LogP contribution in [0.5, 0.6) is 0 Å². The van der Waals surface area contributed by atoms with E-state index in [4.69, 9.17) is 0 Å². The molecule has 1 N–H and O–H groups in total. The summed E-state index contributed by atoms with van der Waals surface area (Å²) in [5, 5.41) is 15.6. The quantitative estimate of drug-likeness (QED) is 0.400. The van der Waals surface area contributed by atoms with E-state index in [1.54, 1.807) is 0 Å². The van der Waals surface area contributed by atoms with Crippen molar-refractivity contribution in [3.8, 4) is 0 Å². The highest BCUT2D eigenvalue weighted by Crippen LogP contribution is 2.44. The average Bonchev–Trinajstić information content (AvgIpc) is 2.73. The number of rotatable bonds is 4. The normalized spacial score (nSPS) is 30.0. The molecule has 0 aromatic heterocycles. The van der Waals surface area contributed by atoms with Crippen molar-refractivity contribution in [2.45, 2.75) is 25.4 Å². The van der Waals surface area contributed by atoms with E-state index in [2.05, 4.69) is 67.3 Å². The maximum absolute atomic E-state index is 10.2. The fourth-order valence-corrected chi connectivity index (χ4v) is 5.88. The van der Waals surface area contributed by atoms with E-state index < -0.39 is 0 Å². The monoisotopic (exact) mass is 358 g/mol. The van der Waals surface area contributed by atoms with Crippen molar-refractivity contribution in [2.75, 3.05) is 19.7 Å². The van der Waals surface area contributed by atoms with E-state index in [1.165, 1.54) is 40.1 Å². The molecule has 0 aliphatic carbocycles. The largest absolute Gasteiger partial charge is 0.390 e. The first-order valence-corrected chi connectivity index (χ1v) is 10.2. The van der Waals surface area contributed by atoms with Gasteiger partial charge in [0, 0.05) is 24.3 Å². The molecule has 6 rings (SSSR count). The number of aliphatic hydroxyl groups excluding tert-OH is 1. The zero-order valence-electron chi connectivity index (χ0n) is 15.8. The summed E-state index contributed by atoms with van der Waals surface area (Å²) in [6.45, 7) is 7.72.